The average molecular weight is 404 g/mol. The van der Waals surface area contributed by atoms with E-state index in [0.717, 1.165) is 14.7 Å². The van der Waals surface area contributed by atoms with Gasteiger partial charge >= 0.3 is 0 Å². The summed E-state index contributed by atoms with van der Waals surface area (Å²) >= 11 is 2.18. The molecule has 0 unspecified atom stereocenters. The second-order valence-electron chi connectivity index (χ2n) is 3.29. The van der Waals surface area contributed by atoms with Gasteiger partial charge in [0.25, 0.3) is 0 Å². The smallest absolute Gasteiger partial charge is 0.132 e. The first-order valence-corrected chi connectivity index (χ1v) is 5.10. The Kier molecular flexibility index (Phi) is 5.58. The second-order valence-corrected chi connectivity index (χ2v) is 4.37. The zero-order chi connectivity index (χ0) is 9.30. The van der Waals surface area contributed by atoms with Crippen LogP contribution in [0, 0.1) is 10.5 Å². The molecule has 0 amide bonds. The van der Waals surface area contributed by atoms with Crippen LogP contribution in [0.3, 0.4) is 0 Å². The van der Waals surface area contributed by atoms with Crippen molar-refractivity contribution in [2.75, 3.05) is 0 Å². The lowest BCUT2D eigenvalue weighted by Crippen LogP contribution is -1.91. The van der Waals surface area contributed by atoms with E-state index in [2.05, 4.69) is 42.5 Å². The zero-order valence-electron chi connectivity index (χ0n) is 7.97. The van der Waals surface area contributed by atoms with Crippen molar-refractivity contribution < 1.29 is 5.11 Å². The highest BCUT2D eigenvalue weighted by atomic mass is 127. The van der Waals surface area contributed by atoms with Gasteiger partial charge in [-0.15, -0.1) is 24.0 Å². The largest absolute Gasteiger partial charge is 0.507 e. The normalized spacial score (nSPS) is 9.92. The Morgan fingerprint density at radius 1 is 1.31 bits per heavy atom. The quantitative estimate of drug-likeness (QED) is 0.701. The summed E-state index contributed by atoms with van der Waals surface area (Å²) in [6.07, 6.45) is 0. The van der Waals surface area contributed by atoms with Gasteiger partial charge in [0.15, 0.2) is 0 Å². The molecule has 1 rings (SSSR count). The summed E-state index contributed by atoms with van der Waals surface area (Å²) in [7, 11) is 0. The molecule has 0 saturated heterocycles. The number of phenolic OH excluding ortho intramolecular Hbond substituents is 1. The van der Waals surface area contributed by atoms with Crippen molar-refractivity contribution in [1.82, 2.24) is 0 Å². The van der Waals surface area contributed by atoms with Gasteiger partial charge in [-0.2, -0.15) is 0 Å². The van der Waals surface area contributed by atoms with Crippen molar-refractivity contribution in [3.05, 3.63) is 26.8 Å². The van der Waals surface area contributed by atoms with Crippen LogP contribution in [0.5, 0.6) is 5.75 Å². The molecule has 0 saturated carbocycles. The van der Waals surface area contributed by atoms with Gasteiger partial charge in [0.05, 0.1) is 3.57 Å². The molecule has 13 heavy (non-hydrogen) atoms. The molecule has 1 N–H and O–H groups in total. The molecule has 1 aromatic carbocycles. The first-order valence-electron chi connectivity index (χ1n) is 4.02. The van der Waals surface area contributed by atoms with E-state index < -0.39 is 0 Å². The number of hydrogen-bond donors (Lipinski definition) is 1. The number of rotatable bonds is 1. The minimum absolute atomic E-state index is 0. The van der Waals surface area contributed by atoms with E-state index in [-0.39, 0.29) is 24.0 Å². The lowest BCUT2D eigenvalue weighted by atomic mass is 10.0. The predicted octanol–water partition coefficient (Wildman–Crippen LogP) is 4.05. The first-order chi connectivity index (χ1) is 5.54. The topological polar surface area (TPSA) is 20.2 Å². The molecule has 3 heteroatoms. The van der Waals surface area contributed by atoms with Gasteiger partial charge in [-0.05, 0) is 46.6 Å². The van der Waals surface area contributed by atoms with E-state index in [9.17, 15) is 5.11 Å². The van der Waals surface area contributed by atoms with Crippen molar-refractivity contribution in [3.63, 3.8) is 0 Å². The molecule has 0 aliphatic carbocycles. The summed E-state index contributed by atoms with van der Waals surface area (Å²) in [5.74, 6) is 0.838. The molecule has 0 atom stereocenters. The number of benzene rings is 1. The second kappa shape index (κ2) is 5.38. The molecule has 0 heterocycles. The van der Waals surface area contributed by atoms with Crippen LogP contribution in [-0.4, -0.2) is 5.11 Å². The van der Waals surface area contributed by atoms with Crippen LogP contribution in [0.15, 0.2) is 12.1 Å². The third-order valence-electron chi connectivity index (χ3n) is 1.96. The van der Waals surface area contributed by atoms with Crippen LogP contribution >= 0.6 is 46.6 Å². The minimum atomic E-state index is 0. The summed E-state index contributed by atoms with van der Waals surface area (Å²) in [5.41, 5.74) is 2.17. The van der Waals surface area contributed by atoms with Crippen LogP contribution < -0.4 is 0 Å². The summed E-state index contributed by atoms with van der Waals surface area (Å²) < 4.78 is 0.971. The standard InChI is InChI=1S/C10H13IO.HI/c1-6(2)8-5-4-7(3)9(11)10(8)12;/h4-6,12H,1-3H3;1H. The number of phenols is 1. The third-order valence-corrected chi connectivity index (χ3v) is 3.32. The van der Waals surface area contributed by atoms with Gasteiger partial charge in [-0.1, -0.05) is 26.0 Å². The molecule has 1 aromatic rings. The maximum Gasteiger partial charge on any atom is 0.132 e. The van der Waals surface area contributed by atoms with Crippen LogP contribution in [0.2, 0.25) is 0 Å². The summed E-state index contributed by atoms with van der Waals surface area (Å²) in [6, 6.07) is 4.05. The van der Waals surface area contributed by atoms with E-state index in [4.69, 9.17) is 0 Å². The fourth-order valence-electron chi connectivity index (χ4n) is 1.15. The molecule has 0 spiro atoms. The number of hydrogen-bond acceptors (Lipinski definition) is 1. The molecule has 1 nitrogen and oxygen atoms in total. The summed E-state index contributed by atoms with van der Waals surface area (Å²) in [5, 5.41) is 9.74. The van der Waals surface area contributed by atoms with Crippen LogP contribution in [-0.2, 0) is 0 Å². The molecule has 74 valence electrons. The average Bonchev–Trinajstić information content (AvgIpc) is 2.00. The zero-order valence-corrected chi connectivity index (χ0v) is 12.5. The molecular formula is C10H14I2O. The van der Waals surface area contributed by atoms with Gasteiger partial charge in [-0.25, -0.2) is 0 Å². The van der Waals surface area contributed by atoms with Crippen molar-refractivity contribution in [3.8, 4) is 5.75 Å². The first kappa shape index (κ1) is 13.5. The molecule has 0 aliphatic rings. The van der Waals surface area contributed by atoms with E-state index in [1.54, 1.807) is 0 Å². The number of aromatic hydroxyl groups is 1. The molecule has 0 radical (unpaired) electrons. The molecule has 0 aromatic heterocycles. The highest BCUT2D eigenvalue weighted by Gasteiger charge is 2.09. The third kappa shape index (κ3) is 2.97. The fraction of sp³-hybridized carbons (Fsp3) is 0.400. The maximum atomic E-state index is 9.74. The SMILES string of the molecule is Cc1ccc(C(C)C)c(O)c1I.I. The fourth-order valence-corrected chi connectivity index (χ4v) is 1.64. The van der Waals surface area contributed by atoms with Crippen LogP contribution in [0.4, 0.5) is 0 Å². The van der Waals surface area contributed by atoms with Crippen molar-refractivity contribution in [2.24, 2.45) is 0 Å². The van der Waals surface area contributed by atoms with E-state index in [1.165, 1.54) is 0 Å². The Morgan fingerprint density at radius 3 is 2.31 bits per heavy atom. The van der Waals surface area contributed by atoms with Gasteiger partial charge < -0.3 is 5.11 Å². The van der Waals surface area contributed by atoms with Crippen LogP contribution in [0.1, 0.15) is 30.9 Å². The molecule has 0 bridgehead atoms. The summed E-state index contributed by atoms with van der Waals surface area (Å²) in [6.45, 7) is 6.17. The maximum absolute atomic E-state index is 9.74. The number of halogens is 2. The van der Waals surface area contributed by atoms with Gasteiger partial charge in [0.2, 0.25) is 0 Å². The lowest BCUT2D eigenvalue weighted by Gasteiger charge is -2.10. The van der Waals surface area contributed by atoms with Crippen molar-refractivity contribution >= 4 is 46.6 Å². The molecular weight excluding hydrogens is 390 g/mol. The Bertz CT molecular complexity index is 295. The predicted molar refractivity (Wildman–Crippen MR) is 75.1 cm³/mol. The monoisotopic (exact) mass is 404 g/mol. The van der Waals surface area contributed by atoms with Gasteiger partial charge in [-0.3, -0.25) is 0 Å². The van der Waals surface area contributed by atoms with Gasteiger partial charge in [0, 0.05) is 0 Å². The highest BCUT2D eigenvalue weighted by Crippen LogP contribution is 2.31. The Morgan fingerprint density at radius 2 is 1.85 bits per heavy atom. The van der Waals surface area contributed by atoms with E-state index in [1.807, 2.05) is 13.0 Å². The minimum Gasteiger partial charge on any atom is -0.507 e. The Hall–Kier alpha value is 0.480. The van der Waals surface area contributed by atoms with E-state index >= 15 is 0 Å². The Balaban J connectivity index is 0.00000144. The van der Waals surface area contributed by atoms with Crippen molar-refractivity contribution in [1.29, 1.82) is 0 Å². The van der Waals surface area contributed by atoms with E-state index in [0.29, 0.717) is 11.7 Å². The van der Waals surface area contributed by atoms with Gasteiger partial charge in [0.1, 0.15) is 5.75 Å². The number of aryl methyl sites for hydroxylation is 1. The Labute approximate surface area is 110 Å². The highest BCUT2D eigenvalue weighted by molar-refractivity contribution is 14.1. The van der Waals surface area contributed by atoms with Crippen LogP contribution in [0.25, 0.3) is 0 Å². The lowest BCUT2D eigenvalue weighted by molar-refractivity contribution is 0.460. The summed E-state index contributed by atoms with van der Waals surface area (Å²) in [4.78, 5) is 0. The van der Waals surface area contributed by atoms with Crippen molar-refractivity contribution in [2.45, 2.75) is 26.7 Å². The molecule has 0 aliphatic heterocycles. The molecule has 0 fully saturated rings.